The van der Waals surface area contributed by atoms with E-state index in [0.29, 0.717) is 5.41 Å². The second-order valence-electron chi connectivity index (χ2n) is 3.63. The first-order chi connectivity index (χ1) is 5.68. The average molecular weight is 166 g/mol. The highest BCUT2D eigenvalue weighted by Gasteiger charge is 2.15. The van der Waals surface area contributed by atoms with Crippen molar-refractivity contribution in [3.8, 4) is 0 Å². The molecule has 0 heterocycles. The molecule has 0 bridgehead atoms. The zero-order chi connectivity index (χ0) is 9.45. The van der Waals surface area contributed by atoms with E-state index in [9.17, 15) is 0 Å². The number of hydrogen-bond donors (Lipinski definition) is 0. The maximum atomic E-state index is 3.88. The van der Waals surface area contributed by atoms with Gasteiger partial charge < -0.3 is 0 Å². The van der Waals surface area contributed by atoms with Gasteiger partial charge in [-0.25, -0.2) is 0 Å². The lowest BCUT2D eigenvalue weighted by atomic mass is 9.83. The Bertz CT molecular complexity index is 144. The van der Waals surface area contributed by atoms with Gasteiger partial charge in [0.25, 0.3) is 0 Å². The van der Waals surface area contributed by atoms with Gasteiger partial charge in [0.1, 0.15) is 0 Å². The molecule has 0 aliphatic carbocycles. The van der Waals surface area contributed by atoms with E-state index in [1.807, 2.05) is 0 Å². The summed E-state index contributed by atoms with van der Waals surface area (Å²) in [5.74, 6) is 0. The molecule has 0 spiro atoms. The van der Waals surface area contributed by atoms with Crippen LogP contribution in [0.2, 0.25) is 0 Å². The third-order valence-corrected chi connectivity index (χ3v) is 2.58. The van der Waals surface area contributed by atoms with Crippen LogP contribution in [0.25, 0.3) is 0 Å². The highest BCUT2D eigenvalue weighted by molar-refractivity contribution is 4.93. The van der Waals surface area contributed by atoms with Crippen LogP contribution < -0.4 is 0 Å². The van der Waals surface area contributed by atoms with Crippen LogP contribution in [0.15, 0.2) is 24.8 Å². The number of hydrogen-bond acceptors (Lipinski definition) is 0. The molecular formula is C12H22. The van der Waals surface area contributed by atoms with Gasteiger partial charge in [-0.05, 0) is 31.1 Å². The highest BCUT2D eigenvalue weighted by atomic mass is 14.2. The molecule has 0 saturated heterocycles. The lowest BCUT2D eigenvalue weighted by molar-refractivity contribution is 0.381. The van der Waals surface area contributed by atoms with E-state index in [0.717, 1.165) is 6.42 Å². The Morgan fingerprint density at radius 3 is 2.33 bits per heavy atom. The van der Waals surface area contributed by atoms with Crippen LogP contribution in [-0.2, 0) is 0 Å². The van der Waals surface area contributed by atoms with Crippen molar-refractivity contribution >= 4 is 0 Å². The van der Waals surface area contributed by atoms with Crippen molar-refractivity contribution in [1.82, 2.24) is 0 Å². The van der Waals surface area contributed by atoms with E-state index in [1.54, 1.807) is 0 Å². The van der Waals surface area contributed by atoms with E-state index < -0.39 is 0 Å². The van der Waals surface area contributed by atoms with Gasteiger partial charge in [-0.1, -0.05) is 39.0 Å². The van der Waals surface area contributed by atoms with Gasteiger partial charge in [-0.15, -0.1) is 6.58 Å². The van der Waals surface area contributed by atoms with Gasteiger partial charge in [0.15, 0.2) is 0 Å². The Kier molecular flexibility index (Phi) is 5.79. The highest BCUT2D eigenvalue weighted by Crippen LogP contribution is 2.28. The predicted molar refractivity (Wildman–Crippen MR) is 57.3 cm³/mol. The molecule has 0 fully saturated rings. The summed E-state index contributed by atoms with van der Waals surface area (Å²) >= 11 is 0. The van der Waals surface area contributed by atoms with E-state index in [1.165, 1.54) is 19.3 Å². The van der Waals surface area contributed by atoms with Crippen molar-refractivity contribution in [2.75, 3.05) is 0 Å². The molecule has 0 aromatic heterocycles. The summed E-state index contributed by atoms with van der Waals surface area (Å²) < 4.78 is 0. The van der Waals surface area contributed by atoms with Gasteiger partial charge in [-0.2, -0.15) is 0 Å². The Morgan fingerprint density at radius 2 is 1.92 bits per heavy atom. The largest absolute Gasteiger partial charge is 0.103 e. The first kappa shape index (κ1) is 11.5. The number of rotatable bonds is 6. The van der Waals surface area contributed by atoms with Gasteiger partial charge in [0, 0.05) is 0 Å². The van der Waals surface area contributed by atoms with Crippen molar-refractivity contribution in [2.45, 2.75) is 46.5 Å². The minimum absolute atomic E-state index is 0.345. The molecule has 0 heteroatoms. The Labute approximate surface area is 77.4 Å². The van der Waals surface area contributed by atoms with Crippen LogP contribution in [0, 0.1) is 5.41 Å². The first-order valence-corrected chi connectivity index (χ1v) is 4.97. The molecule has 0 aliphatic rings. The van der Waals surface area contributed by atoms with E-state index >= 15 is 0 Å². The second-order valence-corrected chi connectivity index (χ2v) is 3.63. The van der Waals surface area contributed by atoms with Crippen LogP contribution in [-0.4, -0.2) is 0 Å². The molecule has 0 radical (unpaired) electrons. The molecule has 0 aliphatic heterocycles. The molecule has 12 heavy (non-hydrogen) atoms. The molecule has 0 nitrogen and oxygen atoms in total. The van der Waals surface area contributed by atoms with Crippen LogP contribution >= 0.6 is 0 Å². The predicted octanol–water partition coefficient (Wildman–Crippen LogP) is 4.34. The summed E-state index contributed by atoms with van der Waals surface area (Å²) in [4.78, 5) is 0. The fourth-order valence-electron chi connectivity index (χ4n) is 1.12. The third kappa shape index (κ3) is 4.38. The summed E-state index contributed by atoms with van der Waals surface area (Å²) in [5, 5.41) is 0. The molecular weight excluding hydrogens is 144 g/mol. The van der Waals surface area contributed by atoms with Crippen molar-refractivity contribution in [3.63, 3.8) is 0 Å². The Hall–Kier alpha value is -0.520. The quantitative estimate of drug-likeness (QED) is 0.515. The maximum Gasteiger partial charge on any atom is -0.0149 e. The van der Waals surface area contributed by atoms with E-state index in [4.69, 9.17) is 0 Å². The molecule has 1 atom stereocenters. The van der Waals surface area contributed by atoms with Crippen molar-refractivity contribution in [3.05, 3.63) is 24.8 Å². The zero-order valence-electron chi connectivity index (χ0n) is 8.77. The lowest BCUT2D eigenvalue weighted by Crippen LogP contribution is -2.10. The molecule has 0 amide bonds. The fourth-order valence-corrected chi connectivity index (χ4v) is 1.12. The van der Waals surface area contributed by atoms with Crippen LogP contribution in [0.4, 0.5) is 0 Å². The standard InChI is InChI=1S/C12H22/c1-5-8-9-10-11-12(4,6-2)7-3/h6,8-9H,2,5,7,10-11H2,1,3-4H3. The summed E-state index contributed by atoms with van der Waals surface area (Å²) in [6.07, 6.45) is 11.4. The lowest BCUT2D eigenvalue weighted by Gasteiger charge is -2.22. The van der Waals surface area contributed by atoms with Gasteiger partial charge in [-0.3, -0.25) is 0 Å². The molecule has 0 N–H and O–H groups in total. The maximum absolute atomic E-state index is 3.88. The van der Waals surface area contributed by atoms with Crippen LogP contribution in [0.3, 0.4) is 0 Å². The van der Waals surface area contributed by atoms with Crippen molar-refractivity contribution < 1.29 is 0 Å². The van der Waals surface area contributed by atoms with Crippen LogP contribution in [0.5, 0.6) is 0 Å². The topological polar surface area (TPSA) is 0 Å². The molecule has 0 aromatic carbocycles. The Morgan fingerprint density at radius 1 is 1.25 bits per heavy atom. The van der Waals surface area contributed by atoms with Gasteiger partial charge in [0.05, 0.1) is 0 Å². The average Bonchev–Trinajstić information content (AvgIpc) is 2.12. The minimum atomic E-state index is 0.345. The van der Waals surface area contributed by atoms with Gasteiger partial charge in [0.2, 0.25) is 0 Å². The summed E-state index contributed by atoms with van der Waals surface area (Å²) in [6, 6.07) is 0. The van der Waals surface area contributed by atoms with E-state index in [2.05, 4.69) is 45.6 Å². The fraction of sp³-hybridized carbons (Fsp3) is 0.667. The molecule has 1 unspecified atom stereocenters. The second kappa shape index (κ2) is 6.05. The molecule has 0 rings (SSSR count). The first-order valence-electron chi connectivity index (χ1n) is 4.97. The molecule has 70 valence electrons. The molecule has 0 saturated carbocycles. The van der Waals surface area contributed by atoms with Crippen LogP contribution in [0.1, 0.15) is 46.5 Å². The Balaban J connectivity index is 3.73. The van der Waals surface area contributed by atoms with Crippen molar-refractivity contribution in [1.29, 1.82) is 0 Å². The summed E-state index contributed by atoms with van der Waals surface area (Å²) in [5.41, 5.74) is 0.345. The SMILES string of the molecule is C=CC(C)(CC)CCC=CCC. The smallest absolute Gasteiger partial charge is 0.0149 e. The normalized spacial score (nSPS) is 16.2. The zero-order valence-corrected chi connectivity index (χ0v) is 8.77. The third-order valence-electron chi connectivity index (χ3n) is 2.58. The van der Waals surface area contributed by atoms with E-state index in [-0.39, 0.29) is 0 Å². The summed E-state index contributed by atoms with van der Waals surface area (Å²) in [7, 11) is 0. The summed E-state index contributed by atoms with van der Waals surface area (Å²) in [6.45, 7) is 10.6. The monoisotopic (exact) mass is 166 g/mol. The number of allylic oxidation sites excluding steroid dienone is 3. The van der Waals surface area contributed by atoms with Crippen molar-refractivity contribution in [2.24, 2.45) is 5.41 Å². The minimum Gasteiger partial charge on any atom is -0.103 e. The molecule has 0 aromatic rings. The van der Waals surface area contributed by atoms with Gasteiger partial charge >= 0.3 is 0 Å².